The monoisotopic (exact) mass is 309 g/mol. The summed E-state index contributed by atoms with van der Waals surface area (Å²) in [7, 11) is 0. The van der Waals surface area contributed by atoms with Gasteiger partial charge in [-0.15, -0.1) is 11.3 Å². The quantitative estimate of drug-likeness (QED) is 0.474. The molecule has 1 saturated carbocycles. The van der Waals surface area contributed by atoms with Gasteiger partial charge in [-0.05, 0) is 25.7 Å². The van der Waals surface area contributed by atoms with Crippen LogP contribution < -0.4 is 4.90 Å². The van der Waals surface area contributed by atoms with Crippen molar-refractivity contribution in [3.8, 4) is 0 Å². The number of hydrogen-bond donors (Lipinski definition) is 0. The third kappa shape index (κ3) is 3.24. The van der Waals surface area contributed by atoms with E-state index in [9.17, 15) is 14.9 Å². The Balaban J connectivity index is 1.71. The molecule has 2 aliphatic rings. The van der Waals surface area contributed by atoms with Gasteiger partial charge in [-0.2, -0.15) is 0 Å². The van der Waals surface area contributed by atoms with Crippen LogP contribution in [0.3, 0.4) is 0 Å². The summed E-state index contributed by atoms with van der Waals surface area (Å²) in [6.07, 6.45) is 2.69. The first-order valence-electron chi connectivity index (χ1n) is 7.31. The summed E-state index contributed by atoms with van der Waals surface area (Å²) in [5.74, 6) is 0.763. The highest BCUT2D eigenvalue weighted by molar-refractivity contribution is 7.18. The molecule has 3 rings (SSSR count). The first-order chi connectivity index (χ1) is 10.0. The van der Waals surface area contributed by atoms with Crippen molar-refractivity contribution < 1.29 is 9.72 Å². The average Bonchev–Trinajstić information content (AvgIpc) is 3.14. The minimum atomic E-state index is -0.380. The van der Waals surface area contributed by atoms with Crippen molar-refractivity contribution in [2.24, 2.45) is 5.92 Å². The number of piperazine rings is 1. The molecule has 1 aliphatic heterocycles. The first kappa shape index (κ1) is 14.5. The van der Waals surface area contributed by atoms with E-state index >= 15 is 0 Å². The van der Waals surface area contributed by atoms with Crippen LogP contribution in [0.4, 0.5) is 10.7 Å². The van der Waals surface area contributed by atoms with E-state index in [2.05, 4.69) is 9.80 Å². The highest BCUT2D eigenvalue weighted by atomic mass is 32.1. The maximum Gasteiger partial charge on any atom is 0.304 e. The lowest BCUT2D eigenvalue weighted by atomic mass is 10.2. The molecule has 0 N–H and O–H groups in total. The van der Waals surface area contributed by atoms with Crippen molar-refractivity contribution in [2.75, 3.05) is 37.6 Å². The van der Waals surface area contributed by atoms with Crippen LogP contribution in [0.5, 0.6) is 0 Å². The minimum absolute atomic E-state index is 0.0702. The lowest BCUT2D eigenvalue weighted by Crippen LogP contribution is -2.46. The number of ketones is 1. The molecule has 21 heavy (non-hydrogen) atoms. The Kier molecular flexibility index (Phi) is 3.95. The molecule has 114 valence electrons. The summed E-state index contributed by atoms with van der Waals surface area (Å²) < 4.78 is 0. The van der Waals surface area contributed by atoms with Crippen LogP contribution in [-0.2, 0) is 0 Å². The van der Waals surface area contributed by atoms with Crippen molar-refractivity contribution >= 4 is 27.8 Å². The van der Waals surface area contributed by atoms with Crippen molar-refractivity contribution in [3.63, 3.8) is 0 Å². The Hall–Kier alpha value is -1.47. The lowest BCUT2D eigenvalue weighted by Gasteiger charge is -2.34. The Morgan fingerprint density at radius 2 is 2.05 bits per heavy atom. The van der Waals surface area contributed by atoms with E-state index in [1.807, 2.05) is 0 Å². The maximum absolute atomic E-state index is 11.5. The van der Waals surface area contributed by atoms with E-state index in [4.69, 9.17) is 0 Å². The third-order valence-corrected chi connectivity index (χ3v) is 5.40. The smallest absolute Gasteiger partial charge is 0.304 e. The summed E-state index contributed by atoms with van der Waals surface area (Å²) in [5, 5.41) is 11.8. The fraction of sp³-hybridized carbons (Fsp3) is 0.643. The zero-order valence-electron chi connectivity index (χ0n) is 12.1. The number of carbonyl (C=O) groups excluding carboxylic acids is 1. The van der Waals surface area contributed by atoms with Gasteiger partial charge in [0.15, 0.2) is 10.8 Å². The van der Waals surface area contributed by atoms with Gasteiger partial charge in [0.25, 0.3) is 0 Å². The van der Waals surface area contributed by atoms with Crippen LogP contribution in [0.15, 0.2) is 6.07 Å². The highest BCUT2D eigenvalue weighted by Gasteiger charge is 2.30. The normalized spacial score (nSPS) is 19.8. The summed E-state index contributed by atoms with van der Waals surface area (Å²) in [6.45, 7) is 6.10. The molecule has 0 spiro atoms. The van der Waals surface area contributed by atoms with Gasteiger partial charge in [0, 0.05) is 38.8 Å². The zero-order chi connectivity index (χ0) is 15.0. The molecule has 0 atom stereocenters. The van der Waals surface area contributed by atoms with Crippen molar-refractivity contribution in [3.05, 3.63) is 21.1 Å². The molecule has 1 aliphatic carbocycles. The van der Waals surface area contributed by atoms with Gasteiger partial charge in [-0.3, -0.25) is 19.8 Å². The molecule has 1 aromatic heterocycles. The Labute approximate surface area is 127 Å². The average molecular weight is 309 g/mol. The molecule has 2 heterocycles. The molecule has 6 nitrogen and oxygen atoms in total. The van der Waals surface area contributed by atoms with Gasteiger partial charge in [-0.25, -0.2) is 0 Å². The second kappa shape index (κ2) is 5.73. The van der Waals surface area contributed by atoms with Crippen LogP contribution in [0.2, 0.25) is 0 Å². The minimum Gasteiger partial charge on any atom is -0.355 e. The number of carbonyl (C=O) groups is 1. The number of hydrogen-bond acceptors (Lipinski definition) is 6. The van der Waals surface area contributed by atoms with E-state index in [-0.39, 0.29) is 16.4 Å². The predicted molar refractivity (Wildman–Crippen MR) is 82.4 cm³/mol. The summed E-state index contributed by atoms with van der Waals surface area (Å²) in [5.41, 5.74) is 0.0702. The van der Waals surface area contributed by atoms with Gasteiger partial charge in [0.1, 0.15) is 0 Å². The molecule has 0 unspecified atom stereocenters. The Bertz CT molecular complexity index is 560. The van der Waals surface area contributed by atoms with E-state index in [1.165, 1.54) is 43.7 Å². The van der Waals surface area contributed by atoms with E-state index < -0.39 is 0 Å². The van der Waals surface area contributed by atoms with E-state index in [0.29, 0.717) is 9.88 Å². The predicted octanol–water partition coefficient (Wildman–Crippen LogP) is 2.39. The van der Waals surface area contributed by atoms with Crippen LogP contribution in [0.25, 0.3) is 0 Å². The number of thiophene rings is 1. The molecule has 0 bridgehead atoms. The maximum atomic E-state index is 11.5. The van der Waals surface area contributed by atoms with Gasteiger partial charge < -0.3 is 4.90 Å². The SMILES string of the molecule is CC(=O)c1cc([N+](=O)[O-])c(N2CCN(CC3CC3)CC2)s1. The number of Topliss-reactive ketones (excluding diaryl/α,β-unsaturated/α-hetero) is 1. The molecule has 0 radical (unpaired) electrons. The number of nitro groups is 1. The summed E-state index contributed by atoms with van der Waals surface area (Å²) >= 11 is 1.25. The summed E-state index contributed by atoms with van der Waals surface area (Å²) in [6, 6.07) is 1.42. The fourth-order valence-corrected chi connectivity index (χ4v) is 3.77. The van der Waals surface area contributed by atoms with Crippen molar-refractivity contribution in [1.29, 1.82) is 0 Å². The first-order valence-corrected chi connectivity index (χ1v) is 8.12. The second-order valence-corrected chi connectivity index (χ2v) is 6.88. The van der Waals surface area contributed by atoms with Crippen LogP contribution in [-0.4, -0.2) is 48.3 Å². The van der Waals surface area contributed by atoms with E-state index in [0.717, 1.165) is 32.1 Å². The molecule has 0 aromatic carbocycles. The summed E-state index contributed by atoms with van der Waals surface area (Å²) in [4.78, 5) is 27.2. The lowest BCUT2D eigenvalue weighted by molar-refractivity contribution is -0.383. The van der Waals surface area contributed by atoms with Crippen LogP contribution in [0, 0.1) is 16.0 Å². The Morgan fingerprint density at radius 1 is 1.38 bits per heavy atom. The molecule has 1 saturated heterocycles. The highest BCUT2D eigenvalue weighted by Crippen LogP contribution is 2.38. The zero-order valence-corrected chi connectivity index (χ0v) is 12.9. The fourth-order valence-electron chi connectivity index (χ4n) is 2.70. The van der Waals surface area contributed by atoms with Gasteiger partial charge >= 0.3 is 5.69 Å². The largest absolute Gasteiger partial charge is 0.355 e. The number of nitrogens with zero attached hydrogens (tertiary/aromatic N) is 3. The molecule has 7 heteroatoms. The Morgan fingerprint density at radius 3 is 2.57 bits per heavy atom. The van der Waals surface area contributed by atoms with Gasteiger partial charge in [0.05, 0.1) is 9.80 Å². The molecule has 1 aromatic rings. The second-order valence-electron chi connectivity index (χ2n) is 5.85. The van der Waals surface area contributed by atoms with Crippen molar-refractivity contribution in [2.45, 2.75) is 19.8 Å². The molecular weight excluding hydrogens is 290 g/mol. The van der Waals surface area contributed by atoms with Crippen molar-refractivity contribution in [1.82, 2.24) is 4.90 Å². The van der Waals surface area contributed by atoms with E-state index in [1.54, 1.807) is 0 Å². The molecular formula is C14H19N3O3S. The van der Waals surface area contributed by atoms with Gasteiger partial charge in [0.2, 0.25) is 0 Å². The number of rotatable bonds is 5. The molecule has 2 fully saturated rings. The third-order valence-electron chi connectivity index (χ3n) is 4.11. The number of anilines is 1. The van der Waals surface area contributed by atoms with Gasteiger partial charge in [-0.1, -0.05) is 0 Å². The topological polar surface area (TPSA) is 66.7 Å². The molecule has 0 amide bonds. The van der Waals surface area contributed by atoms with Crippen LogP contribution in [0.1, 0.15) is 29.4 Å². The standard InChI is InChI=1S/C14H19N3O3S/c1-10(18)13-8-12(17(19)20)14(21-13)16-6-4-15(5-7-16)9-11-2-3-11/h8,11H,2-7,9H2,1H3. The van der Waals surface area contributed by atoms with Crippen LogP contribution >= 0.6 is 11.3 Å².